The molecule has 0 saturated carbocycles. The molecule has 0 aliphatic carbocycles. The summed E-state index contributed by atoms with van der Waals surface area (Å²) in [5.74, 6) is 0.327. The predicted molar refractivity (Wildman–Crippen MR) is 78.6 cm³/mol. The smallest absolute Gasteiger partial charge is 0.211 e. The molecule has 1 fully saturated rings. The second-order valence-electron chi connectivity index (χ2n) is 5.81. The third-order valence-corrected chi connectivity index (χ3v) is 5.26. The van der Waals surface area contributed by atoms with E-state index >= 15 is 0 Å². The minimum atomic E-state index is -3.09. The van der Waals surface area contributed by atoms with E-state index in [2.05, 4.69) is 5.10 Å². The summed E-state index contributed by atoms with van der Waals surface area (Å²) in [5.41, 5.74) is 8.29. The number of hydrogen-bond donors (Lipinski definition) is 1. The highest BCUT2D eigenvalue weighted by Crippen LogP contribution is 2.28. The zero-order chi connectivity index (χ0) is 14.9. The third kappa shape index (κ3) is 3.59. The molecule has 2 heterocycles. The Morgan fingerprint density at radius 3 is 2.80 bits per heavy atom. The fourth-order valence-corrected chi connectivity index (χ4v) is 3.93. The Balaban J connectivity index is 2.01. The number of sulfonamides is 1. The van der Waals surface area contributed by atoms with Crippen molar-refractivity contribution in [2.45, 2.75) is 32.2 Å². The van der Waals surface area contributed by atoms with E-state index in [9.17, 15) is 8.42 Å². The largest absolute Gasteiger partial charge is 0.324 e. The van der Waals surface area contributed by atoms with Crippen molar-refractivity contribution in [2.24, 2.45) is 18.7 Å². The molecule has 0 aromatic carbocycles. The number of nitrogens with two attached hydrogens (primary N) is 1. The van der Waals surface area contributed by atoms with Gasteiger partial charge in [0.25, 0.3) is 0 Å². The Labute approximate surface area is 121 Å². The van der Waals surface area contributed by atoms with Crippen LogP contribution in [0.5, 0.6) is 0 Å². The molecule has 6 nitrogen and oxygen atoms in total. The summed E-state index contributed by atoms with van der Waals surface area (Å²) in [6.45, 7) is 3.18. The molecule has 0 amide bonds. The standard InChI is InChI=1S/C13H24N4O2S/c1-10-12(9-16(2)15-10)13(14)7-11-5-4-6-17(8-11)20(3,18)19/h9,11,13H,4-8,14H2,1-3H3. The zero-order valence-electron chi connectivity index (χ0n) is 12.4. The number of nitrogens with zero attached hydrogens (tertiary/aromatic N) is 3. The predicted octanol–water partition coefficient (Wildman–Crippen LogP) is 0.790. The highest BCUT2D eigenvalue weighted by molar-refractivity contribution is 7.88. The molecule has 2 rings (SSSR count). The zero-order valence-corrected chi connectivity index (χ0v) is 13.2. The first kappa shape index (κ1) is 15.5. The van der Waals surface area contributed by atoms with Crippen LogP contribution in [0.1, 0.15) is 36.6 Å². The van der Waals surface area contributed by atoms with Crippen LogP contribution in [-0.4, -0.2) is 41.8 Å². The minimum Gasteiger partial charge on any atom is -0.324 e. The van der Waals surface area contributed by atoms with Gasteiger partial charge in [-0.2, -0.15) is 5.10 Å². The lowest BCUT2D eigenvalue weighted by Gasteiger charge is -2.32. The van der Waals surface area contributed by atoms with E-state index < -0.39 is 10.0 Å². The first-order chi connectivity index (χ1) is 9.27. The molecule has 1 aromatic heterocycles. The SMILES string of the molecule is Cc1nn(C)cc1C(N)CC1CCCN(S(C)(=O)=O)C1. The van der Waals surface area contributed by atoms with Crippen molar-refractivity contribution in [1.82, 2.24) is 14.1 Å². The molecular weight excluding hydrogens is 276 g/mol. The van der Waals surface area contributed by atoms with Crippen LogP contribution >= 0.6 is 0 Å². The van der Waals surface area contributed by atoms with Crippen LogP contribution < -0.4 is 5.73 Å². The Morgan fingerprint density at radius 1 is 1.55 bits per heavy atom. The van der Waals surface area contributed by atoms with Crippen molar-refractivity contribution in [2.75, 3.05) is 19.3 Å². The Bertz CT molecular complexity index is 567. The normalized spacial score (nSPS) is 22.9. The van der Waals surface area contributed by atoms with Gasteiger partial charge in [0.05, 0.1) is 11.9 Å². The van der Waals surface area contributed by atoms with E-state index in [1.165, 1.54) is 6.26 Å². The summed E-state index contributed by atoms with van der Waals surface area (Å²) in [7, 11) is -1.20. The molecule has 2 unspecified atom stereocenters. The molecular formula is C13H24N4O2S. The highest BCUT2D eigenvalue weighted by Gasteiger charge is 2.27. The molecule has 2 N–H and O–H groups in total. The van der Waals surface area contributed by atoms with Gasteiger partial charge in [-0.3, -0.25) is 4.68 Å². The van der Waals surface area contributed by atoms with Crippen LogP contribution in [0.3, 0.4) is 0 Å². The lowest BCUT2D eigenvalue weighted by Crippen LogP contribution is -2.40. The fourth-order valence-electron chi connectivity index (χ4n) is 2.99. The fraction of sp³-hybridized carbons (Fsp3) is 0.769. The van der Waals surface area contributed by atoms with Crippen molar-refractivity contribution in [3.05, 3.63) is 17.5 Å². The van der Waals surface area contributed by atoms with E-state index in [1.807, 2.05) is 20.2 Å². The summed E-state index contributed by atoms with van der Waals surface area (Å²) >= 11 is 0. The van der Waals surface area contributed by atoms with Crippen LogP contribution in [0.2, 0.25) is 0 Å². The quantitative estimate of drug-likeness (QED) is 0.891. The molecule has 0 radical (unpaired) electrons. The molecule has 7 heteroatoms. The van der Waals surface area contributed by atoms with Crippen LogP contribution in [0.25, 0.3) is 0 Å². The van der Waals surface area contributed by atoms with Gasteiger partial charge in [-0.15, -0.1) is 0 Å². The van der Waals surface area contributed by atoms with Gasteiger partial charge in [-0.1, -0.05) is 0 Å². The average molecular weight is 300 g/mol. The highest BCUT2D eigenvalue weighted by atomic mass is 32.2. The molecule has 114 valence electrons. The first-order valence-electron chi connectivity index (χ1n) is 6.98. The van der Waals surface area contributed by atoms with E-state index in [-0.39, 0.29) is 6.04 Å². The Morgan fingerprint density at radius 2 is 2.25 bits per heavy atom. The number of aromatic nitrogens is 2. The maximum absolute atomic E-state index is 11.6. The Kier molecular flexibility index (Phi) is 4.51. The van der Waals surface area contributed by atoms with Crippen LogP contribution in [0, 0.1) is 12.8 Å². The topological polar surface area (TPSA) is 81.2 Å². The lowest BCUT2D eigenvalue weighted by atomic mass is 9.90. The van der Waals surface area contributed by atoms with Crippen molar-refractivity contribution >= 4 is 10.0 Å². The van der Waals surface area contributed by atoms with Gasteiger partial charge in [0.2, 0.25) is 10.0 Å². The molecule has 20 heavy (non-hydrogen) atoms. The maximum atomic E-state index is 11.6. The average Bonchev–Trinajstić information content (AvgIpc) is 2.68. The summed E-state index contributed by atoms with van der Waals surface area (Å²) in [6, 6.07) is -0.0757. The van der Waals surface area contributed by atoms with Crippen LogP contribution in [-0.2, 0) is 17.1 Å². The molecule has 0 bridgehead atoms. The van der Waals surface area contributed by atoms with Gasteiger partial charge in [-0.05, 0) is 32.1 Å². The van der Waals surface area contributed by atoms with Gasteiger partial charge in [0, 0.05) is 37.9 Å². The van der Waals surface area contributed by atoms with Gasteiger partial charge in [-0.25, -0.2) is 12.7 Å². The summed E-state index contributed by atoms with van der Waals surface area (Å²) < 4.78 is 26.6. The monoisotopic (exact) mass is 300 g/mol. The summed E-state index contributed by atoms with van der Waals surface area (Å²) in [5, 5.41) is 4.31. The van der Waals surface area contributed by atoms with E-state index in [0.29, 0.717) is 19.0 Å². The van der Waals surface area contributed by atoms with Crippen LogP contribution in [0.15, 0.2) is 6.20 Å². The second kappa shape index (κ2) is 5.83. The van der Waals surface area contributed by atoms with Gasteiger partial charge in [0.1, 0.15) is 0 Å². The number of hydrogen-bond acceptors (Lipinski definition) is 4. The van der Waals surface area contributed by atoms with Crippen LogP contribution in [0.4, 0.5) is 0 Å². The molecule has 1 aliphatic rings. The van der Waals surface area contributed by atoms with Gasteiger partial charge < -0.3 is 5.73 Å². The second-order valence-corrected chi connectivity index (χ2v) is 7.80. The molecule has 2 atom stereocenters. The summed E-state index contributed by atoms with van der Waals surface area (Å²) in [6.07, 6.45) is 5.99. The number of piperidine rings is 1. The van der Waals surface area contributed by atoms with Crippen molar-refractivity contribution in [3.8, 4) is 0 Å². The minimum absolute atomic E-state index is 0.0757. The van der Waals surface area contributed by atoms with Crippen molar-refractivity contribution < 1.29 is 8.42 Å². The summed E-state index contributed by atoms with van der Waals surface area (Å²) in [4.78, 5) is 0. The van der Waals surface area contributed by atoms with Gasteiger partial charge >= 0.3 is 0 Å². The molecule has 0 spiro atoms. The Hall–Kier alpha value is -0.920. The van der Waals surface area contributed by atoms with Gasteiger partial charge in [0.15, 0.2) is 0 Å². The van der Waals surface area contributed by atoms with E-state index in [0.717, 1.165) is 30.5 Å². The van der Waals surface area contributed by atoms with Crippen molar-refractivity contribution in [3.63, 3.8) is 0 Å². The van der Waals surface area contributed by atoms with Crippen molar-refractivity contribution in [1.29, 1.82) is 0 Å². The first-order valence-corrected chi connectivity index (χ1v) is 8.83. The van der Waals surface area contributed by atoms with E-state index in [4.69, 9.17) is 5.73 Å². The van der Waals surface area contributed by atoms with E-state index in [1.54, 1.807) is 8.99 Å². The molecule has 1 aromatic rings. The molecule has 1 aliphatic heterocycles. The number of rotatable bonds is 4. The molecule has 1 saturated heterocycles. The lowest BCUT2D eigenvalue weighted by molar-refractivity contribution is 0.247. The maximum Gasteiger partial charge on any atom is 0.211 e. The number of aryl methyl sites for hydroxylation is 2. The third-order valence-electron chi connectivity index (χ3n) is 3.99.